The summed E-state index contributed by atoms with van der Waals surface area (Å²) in [7, 11) is -4.11. The number of carbonyl (C=O) groups is 2. The van der Waals surface area contributed by atoms with E-state index in [9.17, 15) is 18.0 Å². The molecule has 0 atom stereocenters. The van der Waals surface area contributed by atoms with Crippen molar-refractivity contribution in [2.24, 2.45) is 0 Å². The largest absolute Gasteiger partial charge is 0.287 e. The topological polar surface area (TPSA) is 89.1 Å². The van der Waals surface area contributed by atoms with Crippen LogP contribution in [0.1, 0.15) is 40.6 Å². The van der Waals surface area contributed by atoms with Crippen molar-refractivity contribution in [3.05, 3.63) is 88.5 Å². The van der Waals surface area contributed by atoms with E-state index in [1.54, 1.807) is 49.1 Å². The molecule has 0 amide bonds. The van der Waals surface area contributed by atoms with Gasteiger partial charge in [0, 0.05) is 15.6 Å². The molecule has 0 bridgehead atoms. The standard InChI is InChI=1S/C22H18BrN3O4S/c1-14(2)25-11-12-26(13-25)20-19(21(27)17-5-3-4-6-18(17)22(20)28)24-31(29,30)16-9-7-15(23)8-10-16/h3-14H,1-2H3/p+1. The van der Waals surface area contributed by atoms with Crippen molar-refractivity contribution < 1.29 is 22.6 Å². The van der Waals surface area contributed by atoms with Gasteiger partial charge in [0.1, 0.15) is 18.1 Å². The maximum atomic E-state index is 13.3. The number of allylic oxidation sites excluding steroid dienone is 2. The van der Waals surface area contributed by atoms with E-state index >= 15 is 0 Å². The first-order valence-electron chi connectivity index (χ1n) is 9.49. The van der Waals surface area contributed by atoms with Crippen LogP contribution >= 0.6 is 15.9 Å². The fraction of sp³-hybridized carbons (Fsp3) is 0.136. The minimum atomic E-state index is -4.11. The number of benzene rings is 2. The maximum absolute atomic E-state index is 13.3. The highest BCUT2D eigenvalue weighted by Crippen LogP contribution is 2.29. The van der Waals surface area contributed by atoms with E-state index in [4.69, 9.17) is 0 Å². The van der Waals surface area contributed by atoms with Gasteiger partial charge in [-0.25, -0.2) is 13.0 Å². The van der Waals surface area contributed by atoms with E-state index in [0.717, 1.165) is 4.47 Å². The summed E-state index contributed by atoms with van der Waals surface area (Å²) in [6.07, 6.45) is 5.05. The summed E-state index contributed by atoms with van der Waals surface area (Å²) < 4.78 is 32.5. The first kappa shape index (κ1) is 21.2. The maximum Gasteiger partial charge on any atom is 0.262 e. The van der Waals surface area contributed by atoms with Crippen molar-refractivity contribution in [2.75, 3.05) is 0 Å². The van der Waals surface area contributed by atoms with Crippen LogP contribution in [0.4, 0.5) is 0 Å². The lowest BCUT2D eigenvalue weighted by Crippen LogP contribution is -2.36. The van der Waals surface area contributed by atoms with Crippen molar-refractivity contribution in [1.29, 1.82) is 0 Å². The van der Waals surface area contributed by atoms with Gasteiger partial charge in [0.2, 0.25) is 23.6 Å². The summed E-state index contributed by atoms with van der Waals surface area (Å²) in [4.78, 5) is 26.6. The summed E-state index contributed by atoms with van der Waals surface area (Å²) in [5, 5.41) is 0. The third kappa shape index (κ3) is 3.86. The number of Topliss-reactive ketones (excluding diaryl/α,β-unsaturated/α-hetero) is 2. The van der Waals surface area contributed by atoms with Gasteiger partial charge in [0.25, 0.3) is 10.0 Å². The Bertz CT molecular complexity index is 1340. The van der Waals surface area contributed by atoms with Crippen molar-refractivity contribution in [1.82, 2.24) is 9.29 Å². The molecule has 0 saturated carbocycles. The Morgan fingerprint density at radius 2 is 1.58 bits per heavy atom. The predicted molar refractivity (Wildman–Crippen MR) is 118 cm³/mol. The quantitative estimate of drug-likeness (QED) is 0.544. The van der Waals surface area contributed by atoms with Gasteiger partial charge in [0.15, 0.2) is 0 Å². The van der Waals surface area contributed by atoms with E-state index in [1.165, 1.54) is 22.8 Å². The summed E-state index contributed by atoms with van der Waals surface area (Å²) in [6, 6.07) is 12.5. The SMILES string of the molecule is CC(C)[n+]1ccn(C2=C(NS(=O)(=O)c3ccc(Br)cc3)C(=O)c3ccccc3C2=O)c1. The molecule has 2 aromatic carbocycles. The molecule has 0 aliphatic heterocycles. The number of carbonyl (C=O) groups excluding carboxylic acids is 2. The molecule has 1 N–H and O–H groups in total. The van der Waals surface area contributed by atoms with E-state index < -0.39 is 21.6 Å². The molecule has 3 aromatic rings. The van der Waals surface area contributed by atoms with Crippen molar-refractivity contribution in [3.63, 3.8) is 0 Å². The fourth-order valence-corrected chi connectivity index (χ4v) is 4.65. The molecule has 1 aromatic heterocycles. The zero-order valence-electron chi connectivity index (χ0n) is 16.7. The lowest BCUT2D eigenvalue weighted by molar-refractivity contribution is -0.715. The van der Waals surface area contributed by atoms with E-state index in [-0.39, 0.29) is 33.5 Å². The number of rotatable bonds is 5. The second-order valence-electron chi connectivity index (χ2n) is 7.35. The molecule has 0 radical (unpaired) electrons. The summed E-state index contributed by atoms with van der Waals surface area (Å²) >= 11 is 3.27. The molecule has 1 aliphatic rings. The molecule has 158 valence electrons. The third-order valence-corrected chi connectivity index (χ3v) is 6.86. The van der Waals surface area contributed by atoms with E-state index in [1.807, 2.05) is 18.4 Å². The van der Waals surface area contributed by atoms with Gasteiger partial charge < -0.3 is 0 Å². The Hall–Kier alpha value is -3.04. The lowest BCUT2D eigenvalue weighted by Gasteiger charge is -2.19. The average Bonchev–Trinajstić information content (AvgIpc) is 3.22. The van der Waals surface area contributed by atoms with E-state index in [2.05, 4.69) is 20.7 Å². The Labute approximate surface area is 188 Å². The highest BCUT2D eigenvalue weighted by atomic mass is 79.9. The summed E-state index contributed by atoms with van der Waals surface area (Å²) in [5.74, 6) is -0.995. The second kappa shape index (κ2) is 7.90. The number of ketones is 2. The predicted octanol–water partition coefficient (Wildman–Crippen LogP) is 3.35. The van der Waals surface area contributed by atoms with Crippen LogP contribution < -0.4 is 9.29 Å². The second-order valence-corrected chi connectivity index (χ2v) is 9.95. The number of nitrogens with one attached hydrogen (secondary N) is 1. The van der Waals surface area contributed by atoms with Gasteiger partial charge in [-0.15, -0.1) is 0 Å². The molecule has 0 fully saturated rings. The third-order valence-electron chi connectivity index (χ3n) is 4.97. The number of aromatic nitrogens is 2. The Balaban J connectivity index is 1.89. The van der Waals surface area contributed by atoms with Gasteiger partial charge in [-0.1, -0.05) is 40.2 Å². The first-order valence-corrected chi connectivity index (χ1v) is 11.8. The molecule has 0 spiro atoms. The Morgan fingerprint density at radius 3 is 2.16 bits per heavy atom. The van der Waals surface area contributed by atoms with Gasteiger partial charge in [0.05, 0.1) is 10.9 Å². The van der Waals surface area contributed by atoms with Gasteiger partial charge in [-0.05, 0) is 38.1 Å². The summed E-state index contributed by atoms with van der Waals surface area (Å²) in [6.45, 7) is 3.94. The van der Waals surface area contributed by atoms with Crippen LogP contribution in [-0.2, 0) is 10.0 Å². The number of halogens is 1. The van der Waals surface area contributed by atoms with Crippen molar-refractivity contribution in [3.8, 4) is 0 Å². The van der Waals surface area contributed by atoms with Gasteiger partial charge in [-0.3, -0.25) is 14.3 Å². The van der Waals surface area contributed by atoms with Gasteiger partial charge in [-0.2, -0.15) is 4.57 Å². The van der Waals surface area contributed by atoms with Crippen LogP contribution in [0.25, 0.3) is 5.70 Å². The zero-order valence-corrected chi connectivity index (χ0v) is 19.1. The normalized spacial score (nSPS) is 14.2. The minimum Gasteiger partial charge on any atom is -0.287 e. The fourth-order valence-electron chi connectivity index (χ4n) is 3.32. The van der Waals surface area contributed by atoms with Crippen LogP contribution in [0.3, 0.4) is 0 Å². The minimum absolute atomic E-state index is 0.0218. The van der Waals surface area contributed by atoms with Crippen LogP contribution in [0.15, 0.2) is 82.3 Å². The van der Waals surface area contributed by atoms with Crippen molar-refractivity contribution >= 4 is 43.2 Å². The first-order chi connectivity index (χ1) is 14.7. The number of fused-ring (bicyclic) bond motifs is 1. The smallest absolute Gasteiger partial charge is 0.262 e. The molecule has 7 nitrogen and oxygen atoms in total. The van der Waals surface area contributed by atoms with Gasteiger partial charge >= 0.3 is 0 Å². The average molecular weight is 501 g/mol. The molecular weight excluding hydrogens is 482 g/mol. The number of nitrogens with zero attached hydrogens (tertiary/aromatic N) is 2. The number of hydrogen-bond donors (Lipinski definition) is 1. The molecule has 9 heteroatoms. The Kier molecular flexibility index (Phi) is 5.40. The van der Waals surface area contributed by atoms with E-state index in [0.29, 0.717) is 0 Å². The number of sulfonamides is 1. The highest BCUT2D eigenvalue weighted by molar-refractivity contribution is 9.10. The number of imidazole rings is 1. The molecule has 4 rings (SSSR count). The molecular formula is C22H19BrN3O4S+. The van der Waals surface area contributed by atoms with Crippen molar-refractivity contribution in [2.45, 2.75) is 24.8 Å². The number of hydrogen-bond acceptors (Lipinski definition) is 4. The molecule has 0 saturated heterocycles. The highest BCUT2D eigenvalue weighted by Gasteiger charge is 2.38. The summed E-state index contributed by atoms with van der Waals surface area (Å²) in [5.41, 5.74) is 0.0782. The zero-order chi connectivity index (χ0) is 22.3. The van der Waals surface area contributed by atoms with Crippen LogP contribution in [-0.4, -0.2) is 24.6 Å². The molecule has 31 heavy (non-hydrogen) atoms. The van der Waals surface area contributed by atoms with Crippen LogP contribution in [0.2, 0.25) is 0 Å². The van der Waals surface area contributed by atoms with Crippen LogP contribution in [0, 0.1) is 0 Å². The molecule has 1 aliphatic carbocycles. The monoisotopic (exact) mass is 500 g/mol. The molecule has 0 unspecified atom stereocenters. The lowest BCUT2D eigenvalue weighted by atomic mass is 9.90. The van der Waals surface area contributed by atoms with Crippen LogP contribution in [0.5, 0.6) is 0 Å². The molecule has 1 heterocycles. The Morgan fingerprint density at radius 1 is 0.968 bits per heavy atom.